The maximum absolute atomic E-state index is 2.39. The Labute approximate surface area is 64.0 Å². The highest BCUT2D eigenvalue weighted by atomic mass is 14.7. The van der Waals surface area contributed by atoms with E-state index < -0.39 is 0 Å². The van der Waals surface area contributed by atoms with Gasteiger partial charge in [0.1, 0.15) is 0 Å². The minimum absolute atomic E-state index is 0.796. The first kappa shape index (κ1) is 6.69. The van der Waals surface area contributed by atoms with Crippen molar-refractivity contribution < 1.29 is 0 Å². The minimum atomic E-state index is 0.796. The Bertz CT molecular complexity index is 148. The zero-order chi connectivity index (χ0) is 7.35. The summed E-state index contributed by atoms with van der Waals surface area (Å²) in [5.74, 6) is 3.75. The molecular formula is C10H17. The van der Waals surface area contributed by atoms with Crippen LogP contribution in [0.3, 0.4) is 0 Å². The van der Waals surface area contributed by atoms with Gasteiger partial charge in [0.15, 0.2) is 0 Å². The second-order valence-corrected chi connectivity index (χ2v) is 4.49. The first-order valence-corrected chi connectivity index (χ1v) is 4.49. The van der Waals surface area contributed by atoms with Crippen LogP contribution >= 0.6 is 0 Å². The molecule has 0 aromatic carbocycles. The maximum atomic E-state index is 2.39. The van der Waals surface area contributed by atoms with E-state index in [4.69, 9.17) is 0 Å². The molecule has 2 unspecified atom stereocenters. The van der Waals surface area contributed by atoms with Gasteiger partial charge in [0.2, 0.25) is 0 Å². The highest BCUT2D eigenvalue weighted by Gasteiger charge is 2.61. The van der Waals surface area contributed by atoms with Crippen LogP contribution in [0.5, 0.6) is 0 Å². The van der Waals surface area contributed by atoms with E-state index in [0.717, 1.165) is 17.3 Å². The topological polar surface area (TPSA) is 0 Å². The molecule has 0 bridgehead atoms. The van der Waals surface area contributed by atoms with Gasteiger partial charge in [0.25, 0.3) is 0 Å². The highest BCUT2D eigenvalue weighted by molar-refractivity contribution is 5.21. The van der Waals surface area contributed by atoms with Crippen LogP contribution in [-0.4, -0.2) is 0 Å². The van der Waals surface area contributed by atoms with Gasteiger partial charge in [-0.3, -0.25) is 0 Å². The Hall–Kier alpha value is 0. The van der Waals surface area contributed by atoms with Gasteiger partial charge in [0.05, 0.1) is 0 Å². The predicted molar refractivity (Wildman–Crippen MR) is 43.5 cm³/mol. The number of rotatable bonds is 1. The maximum Gasteiger partial charge on any atom is -0.0235 e. The Morgan fingerprint density at radius 2 is 2.20 bits per heavy atom. The molecule has 10 heavy (non-hydrogen) atoms. The molecule has 2 aliphatic rings. The Morgan fingerprint density at radius 1 is 1.50 bits per heavy atom. The van der Waals surface area contributed by atoms with Crippen molar-refractivity contribution in [3.8, 4) is 0 Å². The van der Waals surface area contributed by atoms with Crippen molar-refractivity contribution in [1.29, 1.82) is 0 Å². The van der Waals surface area contributed by atoms with Crippen molar-refractivity contribution in [1.82, 2.24) is 0 Å². The van der Waals surface area contributed by atoms with Crippen LogP contribution in [0.25, 0.3) is 0 Å². The average molecular weight is 137 g/mol. The summed E-state index contributed by atoms with van der Waals surface area (Å²) in [5.41, 5.74) is 0.796. The van der Waals surface area contributed by atoms with Gasteiger partial charge in [-0.15, -0.1) is 0 Å². The minimum Gasteiger partial charge on any atom is -0.0622 e. The zero-order valence-corrected chi connectivity index (χ0v) is 7.28. The van der Waals surface area contributed by atoms with Gasteiger partial charge in [0, 0.05) is 0 Å². The van der Waals surface area contributed by atoms with Gasteiger partial charge in [-0.25, -0.2) is 0 Å². The summed E-state index contributed by atoms with van der Waals surface area (Å²) in [4.78, 5) is 0. The highest BCUT2D eigenvalue weighted by Crippen LogP contribution is 2.70. The molecule has 2 fully saturated rings. The molecule has 2 atom stereocenters. The van der Waals surface area contributed by atoms with Gasteiger partial charge in [-0.05, 0) is 42.4 Å². The zero-order valence-electron chi connectivity index (χ0n) is 7.28. The van der Waals surface area contributed by atoms with Crippen LogP contribution in [-0.2, 0) is 0 Å². The predicted octanol–water partition coefficient (Wildman–Crippen LogP) is 3.04. The molecule has 0 heterocycles. The van der Waals surface area contributed by atoms with Gasteiger partial charge in [-0.2, -0.15) is 0 Å². The lowest BCUT2D eigenvalue weighted by molar-refractivity contribution is 0.344. The molecule has 2 rings (SSSR count). The lowest BCUT2D eigenvalue weighted by Crippen LogP contribution is -2.07. The van der Waals surface area contributed by atoms with Crippen LogP contribution in [0.2, 0.25) is 0 Å². The smallest absolute Gasteiger partial charge is 0.0235 e. The summed E-state index contributed by atoms with van der Waals surface area (Å²) in [7, 11) is 0. The molecule has 0 aromatic heterocycles. The van der Waals surface area contributed by atoms with Crippen molar-refractivity contribution in [2.45, 2.75) is 40.0 Å². The third-order valence-electron chi connectivity index (χ3n) is 3.85. The Kier molecular flexibility index (Phi) is 1.19. The molecule has 0 spiro atoms. The largest absolute Gasteiger partial charge is 0.0622 e. The van der Waals surface area contributed by atoms with Crippen molar-refractivity contribution in [3.05, 3.63) is 5.92 Å². The van der Waals surface area contributed by atoms with E-state index in [1.54, 1.807) is 5.92 Å². The lowest BCUT2D eigenvalue weighted by atomic mass is 9.90. The summed E-state index contributed by atoms with van der Waals surface area (Å²) >= 11 is 0. The molecule has 1 radical (unpaired) electrons. The molecule has 0 N–H and O–H groups in total. The van der Waals surface area contributed by atoms with Crippen LogP contribution in [0.1, 0.15) is 40.0 Å². The first-order valence-electron chi connectivity index (χ1n) is 4.49. The fourth-order valence-corrected chi connectivity index (χ4v) is 2.79. The van der Waals surface area contributed by atoms with Crippen molar-refractivity contribution >= 4 is 0 Å². The summed E-state index contributed by atoms with van der Waals surface area (Å²) in [6.07, 6.45) is 4.42. The lowest BCUT2D eigenvalue weighted by Gasteiger charge is -2.15. The monoisotopic (exact) mass is 137 g/mol. The molecular weight excluding hydrogens is 120 g/mol. The Balaban J connectivity index is 2.11. The second kappa shape index (κ2) is 1.78. The van der Waals surface area contributed by atoms with Crippen molar-refractivity contribution in [2.75, 3.05) is 0 Å². The van der Waals surface area contributed by atoms with Crippen LogP contribution in [0, 0.1) is 23.2 Å². The van der Waals surface area contributed by atoms with E-state index in [1.807, 2.05) is 0 Å². The molecule has 0 heteroatoms. The summed E-state index contributed by atoms with van der Waals surface area (Å²) in [6, 6.07) is 0. The molecule has 0 saturated heterocycles. The number of fused-ring (bicyclic) bond motifs is 1. The van der Waals surface area contributed by atoms with E-state index in [1.165, 1.54) is 19.3 Å². The van der Waals surface area contributed by atoms with E-state index >= 15 is 0 Å². The SMILES string of the molecule is C[C]1CCC2(C(C)C)CC12. The molecule has 0 nitrogen and oxygen atoms in total. The molecule has 0 amide bonds. The van der Waals surface area contributed by atoms with Crippen LogP contribution in [0.15, 0.2) is 0 Å². The van der Waals surface area contributed by atoms with E-state index in [9.17, 15) is 0 Å². The second-order valence-electron chi connectivity index (χ2n) is 4.49. The molecule has 0 aliphatic heterocycles. The van der Waals surface area contributed by atoms with Gasteiger partial charge >= 0.3 is 0 Å². The third-order valence-corrected chi connectivity index (χ3v) is 3.85. The van der Waals surface area contributed by atoms with E-state index in [0.29, 0.717) is 0 Å². The van der Waals surface area contributed by atoms with Crippen molar-refractivity contribution in [3.63, 3.8) is 0 Å². The summed E-state index contributed by atoms with van der Waals surface area (Å²) in [6.45, 7) is 7.12. The summed E-state index contributed by atoms with van der Waals surface area (Å²) < 4.78 is 0. The van der Waals surface area contributed by atoms with Gasteiger partial charge < -0.3 is 0 Å². The molecule has 0 aromatic rings. The summed E-state index contributed by atoms with van der Waals surface area (Å²) in [5, 5.41) is 0. The molecule has 2 saturated carbocycles. The number of hydrogen-bond acceptors (Lipinski definition) is 0. The van der Waals surface area contributed by atoms with E-state index in [2.05, 4.69) is 20.8 Å². The average Bonchev–Trinajstić information content (AvgIpc) is 2.52. The third kappa shape index (κ3) is 0.627. The van der Waals surface area contributed by atoms with Crippen LogP contribution < -0.4 is 0 Å². The van der Waals surface area contributed by atoms with E-state index in [-0.39, 0.29) is 0 Å². The molecule has 2 aliphatic carbocycles. The van der Waals surface area contributed by atoms with Gasteiger partial charge in [-0.1, -0.05) is 20.8 Å². The first-order chi connectivity index (χ1) is 4.67. The standard InChI is InChI=1S/C10H17/c1-7(2)10-5-4-8(3)9(10)6-10/h7,9H,4-6H2,1-3H3. The normalized spacial score (nSPS) is 46.2. The number of hydrogen-bond donors (Lipinski definition) is 0. The quantitative estimate of drug-likeness (QED) is 0.521. The van der Waals surface area contributed by atoms with Crippen molar-refractivity contribution in [2.24, 2.45) is 17.3 Å². The molecule has 57 valence electrons. The fourth-order valence-electron chi connectivity index (χ4n) is 2.79. The Morgan fingerprint density at radius 3 is 2.40 bits per heavy atom. The van der Waals surface area contributed by atoms with Crippen LogP contribution in [0.4, 0.5) is 0 Å². The fraction of sp³-hybridized carbons (Fsp3) is 0.900.